The first kappa shape index (κ1) is 20.8. The van der Waals surface area contributed by atoms with Gasteiger partial charge in [-0.1, -0.05) is 12.1 Å². The van der Waals surface area contributed by atoms with E-state index in [9.17, 15) is 12.8 Å². The first-order valence-corrected chi connectivity index (χ1v) is 11.4. The first-order chi connectivity index (χ1) is 14.8. The van der Waals surface area contributed by atoms with Gasteiger partial charge in [-0.2, -0.15) is 9.40 Å². The molecule has 0 amide bonds. The number of anilines is 2. The molecule has 31 heavy (non-hydrogen) atoms. The number of nitrogen functional groups attached to an aromatic ring is 1. The molecule has 0 radical (unpaired) electrons. The molecule has 1 aliphatic rings. The van der Waals surface area contributed by atoms with Gasteiger partial charge in [0, 0.05) is 43.5 Å². The molecule has 0 unspecified atom stereocenters. The SMILES string of the molecule is [C-]#[N+]c1ccc(-c2cc(N)nn2-c2ccc(N3CCN(S(C)(=O)=O)CC3)cc2)cc1F. The van der Waals surface area contributed by atoms with Crippen LogP contribution >= 0.6 is 0 Å². The van der Waals surface area contributed by atoms with Gasteiger partial charge in [0.25, 0.3) is 0 Å². The van der Waals surface area contributed by atoms with Crippen molar-refractivity contribution in [3.63, 3.8) is 0 Å². The topological polar surface area (TPSA) is 88.8 Å². The Hall–Kier alpha value is -3.42. The smallest absolute Gasteiger partial charge is 0.222 e. The van der Waals surface area contributed by atoms with E-state index in [1.807, 2.05) is 24.3 Å². The predicted molar refractivity (Wildman–Crippen MR) is 118 cm³/mol. The molecule has 2 aromatic carbocycles. The lowest BCUT2D eigenvalue weighted by molar-refractivity contribution is 0.388. The summed E-state index contributed by atoms with van der Waals surface area (Å²) in [7, 11) is -3.17. The third-order valence-electron chi connectivity index (χ3n) is 5.26. The molecule has 0 aliphatic carbocycles. The van der Waals surface area contributed by atoms with Crippen molar-refractivity contribution in [1.29, 1.82) is 0 Å². The molecule has 0 spiro atoms. The van der Waals surface area contributed by atoms with Gasteiger partial charge in [-0.25, -0.2) is 22.3 Å². The van der Waals surface area contributed by atoms with Gasteiger partial charge in [-0.3, -0.25) is 0 Å². The second kappa shape index (κ2) is 8.02. The van der Waals surface area contributed by atoms with Gasteiger partial charge in [0.05, 0.1) is 24.2 Å². The standard InChI is InChI=1S/C21H21FN6O2S/c1-24-19-8-3-15(13-18(19)22)20-14-21(23)25-28(20)17-6-4-16(5-7-17)26-9-11-27(12-10-26)31(2,29)30/h3-8,13-14H,9-12H2,2H3,(H2,23,25). The van der Waals surface area contributed by atoms with E-state index in [2.05, 4.69) is 14.8 Å². The van der Waals surface area contributed by atoms with E-state index in [1.165, 1.54) is 22.7 Å². The van der Waals surface area contributed by atoms with Crippen molar-refractivity contribution in [2.75, 3.05) is 43.1 Å². The van der Waals surface area contributed by atoms with Gasteiger partial charge < -0.3 is 10.6 Å². The number of hydrogen-bond acceptors (Lipinski definition) is 5. The van der Waals surface area contributed by atoms with Crippen LogP contribution in [0, 0.1) is 12.4 Å². The molecule has 0 bridgehead atoms. The van der Waals surface area contributed by atoms with E-state index in [0.29, 0.717) is 43.3 Å². The van der Waals surface area contributed by atoms with Crippen LogP contribution in [-0.4, -0.2) is 54.9 Å². The Labute approximate surface area is 180 Å². The molecule has 4 rings (SSSR count). The van der Waals surface area contributed by atoms with Crippen LogP contribution in [0.25, 0.3) is 21.8 Å². The summed E-state index contributed by atoms with van der Waals surface area (Å²) in [5.41, 5.74) is 8.77. The van der Waals surface area contributed by atoms with E-state index in [0.717, 1.165) is 11.4 Å². The van der Waals surface area contributed by atoms with Crippen molar-refractivity contribution in [3.05, 3.63) is 65.8 Å². The Bertz CT molecular complexity index is 1260. The van der Waals surface area contributed by atoms with Gasteiger partial charge in [0.1, 0.15) is 11.6 Å². The van der Waals surface area contributed by atoms with Crippen molar-refractivity contribution < 1.29 is 12.8 Å². The number of sulfonamides is 1. The maximum atomic E-state index is 14.1. The largest absolute Gasteiger partial charge is 0.382 e. The lowest BCUT2D eigenvalue weighted by Crippen LogP contribution is -2.48. The Balaban J connectivity index is 1.58. The zero-order chi connectivity index (χ0) is 22.2. The fourth-order valence-electron chi connectivity index (χ4n) is 3.64. The predicted octanol–water partition coefficient (Wildman–Crippen LogP) is 2.89. The minimum atomic E-state index is -3.17. The maximum Gasteiger partial charge on any atom is 0.222 e. The molecule has 0 atom stereocenters. The normalized spacial score (nSPS) is 15.1. The summed E-state index contributed by atoms with van der Waals surface area (Å²) < 4.78 is 40.6. The van der Waals surface area contributed by atoms with Gasteiger partial charge >= 0.3 is 0 Å². The first-order valence-electron chi connectivity index (χ1n) is 9.60. The average molecular weight is 441 g/mol. The van der Waals surface area contributed by atoms with E-state index in [4.69, 9.17) is 12.3 Å². The number of piperazine rings is 1. The molecule has 2 N–H and O–H groups in total. The zero-order valence-corrected chi connectivity index (χ0v) is 17.7. The summed E-state index contributed by atoms with van der Waals surface area (Å²) in [5.74, 6) is -0.298. The van der Waals surface area contributed by atoms with E-state index in [-0.39, 0.29) is 5.69 Å². The van der Waals surface area contributed by atoms with Crippen LogP contribution in [0.4, 0.5) is 21.6 Å². The van der Waals surface area contributed by atoms with Crippen molar-refractivity contribution in [2.24, 2.45) is 0 Å². The fourth-order valence-corrected chi connectivity index (χ4v) is 4.47. The number of nitrogens with two attached hydrogens (primary N) is 1. The fraction of sp³-hybridized carbons (Fsp3) is 0.238. The summed E-state index contributed by atoms with van der Waals surface area (Å²) in [6, 6.07) is 13.7. The van der Waals surface area contributed by atoms with Gasteiger partial charge in [-0.05, 0) is 30.3 Å². The van der Waals surface area contributed by atoms with Gasteiger partial charge in [-0.15, -0.1) is 0 Å². The number of nitrogens with zero attached hydrogens (tertiary/aromatic N) is 5. The van der Waals surface area contributed by atoms with Crippen LogP contribution < -0.4 is 10.6 Å². The van der Waals surface area contributed by atoms with Gasteiger partial charge in [0.2, 0.25) is 15.7 Å². The molecule has 160 valence electrons. The molecular formula is C21H21FN6O2S. The monoisotopic (exact) mass is 440 g/mol. The Kier molecular flexibility index (Phi) is 5.39. The molecule has 1 saturated heterocycles. The summed E-state index contributed by atoms with van der Waals surface area (Å²) in [4.78, 5) is 5.28. The van der Waals surface area contributed by atoms with Crippen molar-refractivity contribution in [3.8, 4) is 16.9 Å². The molecule has 0 saturated carbocycles. The number of rotatable bonds is 4. The summed E-state index contributed by atoms with van der Waals surface area (Å²) >= 11 is 0. The van der Waals surface area contributed by atoms with E-state index in [1.54, 1.807) is 16.8 Å². The molecule has 1 aromatic heterocycles. The maximum absolute atomic E-state index is 14.1. The lowest BCUT2D eigenvalue weighted by Gasteiger charge is -2.34. The molecule has 1 aliphatic heterocycles. The minimum absolute atomic E-state index is 0.0388. The second-order valence-corrected chi connectivity index (χ2v) is 9.29. The molecule has 2 heterocycles. The minimum Gasteiger partial charge on any atom is -0.382 e. The highest BCUT2D eigenvalue weighted by molar-refractivity contribution is 7.88. The van der Waals surface area contributed by atoms with Crippen LogP contribution in [0.1, 0.15) is 0 Å². The van der Waals surface area contributed by atoms with Crippen molar-refractivity contribution in [2.45, 2.75) is 0 Å². The zero-order valence-electron chi connectivity index (χ0n) is 16.9. The van der Waals surface area contributed by atoms with Crippen LogP contribution in [0.2, 0.25) is 0 Å². The van der Waals surface area contributed by atoms with E-state index >= 15 is 0 Å². The molecule has 1 fully saturated rings. The van der Waals surface area contributed by atoms with E-state index < -0.39 is 15.8 Å². The Morgan fingerprint density at radius 1 is 1.03 bits per heavy atom. The van der Waals surface area contributed by atoms with Crippen LogP contribution in [0.5, 0.6) is 0 Å². The molecular weight excluding hydrogens is 419 g/mol. The number of benzene rings is 2. The number of hydrogen-bond donors (Lipinski definition) is 1. The lowest BCUT2D eigenvalue weighted by atomic mass is 10.1. The third-order valence-corrected chi connectivity index (χ3v) is 6.56. The average Bonchev–Trinajstić information content (AvgIpc) is 3.15. The summed E-state index contributed by atoms with van der Waals surface area (Å²) in [5, 5.41) is 4.33. The van der Waals surface area contributed by atoms with Crippen LogP contribution in [-0.2, 0) is 10.0 Å². The second-order valence-electron chi connectivity index (χ2n) is 7.31. The molecule has 10 heteroatoms. The van der Waals surface area contributed by atoms with Gasteiger partial charge in [0.15, 0.2) is 0 Å². The highest BCUT2D eigenvalue weighted by Gasteiger charge is 2.23. The summed E-state index contributed by atoms with van der Waals surface area (Å²) in [6.07, 6.45) is 1.23. The number of halogens is 1. The van der Waals surface area contributed by atoms with Crippen molar-refractivity contribution >= 4 is 27.2 Å². The third kappa shape index (κ3) is 4.23. The summed E-state index contributed by atoms with van der Waals surface area (Å²) in [6.45, 7) is 9.12. The highest BCUT2D eigenvalue weighted by atomic mass is 32.2. The van der Waals surface area contributed by atoms with Crippen LogP contribution in [0.15, 0.2) is 48.5 Å². The Morgan fingerprint density at radius 3 is 2.26 bits per heavy atom. The van der Waals surface area contributed by atoms with Crippen LogP contribution in [0.3, 0.4) is 0 Å². The molecule has 8 nitrogen and oxygen atoms in total. The highest BCUT2D eigenvalue weighted by Crippen LogP contribution is 2.29. The van der Waals surface area contributed by atoms with Crippen molar-refractivity contribution in [1.82, 2.24) is 14.1 Å². The Morgan fingerprint density at radius 2 is 1.68 bits per heavy atom. The molecule has 3 aromatic rings. The number of aromatic nitrogens is 2. The quantitative estimate of drug-likeness (QED) is 0.630.